The molecule has 0 unspecified atom stereocenters. The number of benzene rings is 2. The molecule has 0 fully saturated rings. The summed E-state index contributed by atoms with van der Waals surface area (Å²) in [7, 11) is 1.49. The Morgan fingerprint density at radius 1 is 1.17 bits per heavy atom. The minimum Gasteiger partial charge on any atom is -0.450 e. The van der Waals surface area contributed by atoms with Crippen molar-refractivity contribution in [3.63, 3.8) is 0 Å². The van der Waals surface area contributed by atoms with Gasteiger partial charge >= 0.3 is 5.97 Å². The number of methoxy groups -OCH3 is 1. The van der Waals surface area contributed by atoms with Gasteiger partial charge in [-0.15, -0.1) is 0 Å². The van der Waals surface area contributed by atoms with E-state index in [1.807, 2.05) is 0 Å². The number of carbonyl (C=O) groups excluding carboxylic acids is 2. The number of aryl methyl sites for hydroxylation is 2. The van der Waals surface area contributed by atoms with Crippen molar-refractivity contribution in [3.8, 4) is 0 Å². The van der Waals surface area contributed by atoms with Crippen molar-refractivity contribution in [2.24, 2.45) is 0 Å². The van der Waals surface area contributed by atoms with Crippen LogP contribution in [-0.2, 0) is 20.9 Å². The first kappa shape index (κ1) is 21.0. The second kappa shape index (κ2) is 8.75. The van der Waals surface area contributed by atoms with Gasteiger partial charge in [0.15, 0.2) is 6.61 Å². The number of hydrogen-bond donors (Lipinski definition) is 1. The number of fused-ring (bicyclic) bond motifs is 1. The predicted molar refractivity (Wildman–Crippen MR) is 108 cm³/mol. The van der Waals surface area contributed by atoms with Crippen molar-refractivity contribution in [1.82, 2.24) is 0 Å². The number of furan rings is 1. The zero-order valence-corrected chi connectivity index (χ0v) is 16.7. The van der Waals surface area contributed by atoms with Crippen LogP contribution >= 0.6 is 0 Å². The summed E-state index contributed by atoms with van der Waals surface area (Å²) < 4.78 is 15.8. The molecule has 1 aromatic heterocycles. The van der Waals surface area contributed by atoms with Crippen LogP contribution in [0.15, 0.2) is 40.8 Å². The molecule has 3 rings (SSSR count). The van der Waals surface area contributed by atoms with Crippen molar-refractivity contribution < 1.29 is 28.4 Å². The quantitative estimate of drug-likeness (QED) is 0.355. The standard InChI is InChI=1S/C21H20N2O7/c1-12-8-16(17(23(26)27)9-13(12)2)22-19(24)11-29-21(25)20-15(10-28-3)14-6-4-5-7-18(14)30-20/h4-9H,10-11H2,1-3H3,(H,22,24). The van der Waals surface area contributed by atoms with Gasteiger partial charge in [0.25, 0.3) is 11.6 Å². The minimum atomic E-state index is -0.831. The highest BCUT2D eigenvalue weighted by Crippen LogP contribution is 2.29. The maximum atomic E-state index is 12.5. The second-order valence-electron chi connectivity index (χ2n) is 6.67. The van der Waals surface area contributed by atoms with E-state index in [4.69, 9.17) is 13.9 Å². The molecule has 0 saturated carbocycles. The Morgan fingerprint density at radius 2 is 1.87 bits per heavy atom. The molecule has 30 heavy (non-hydrogen) atoms. The number of carbonyl (C=O) groups is 2. The van der Waals surface area contributed by atoms with E-state index in [9.17, 15) is 19.7 Å². The SMILES string of the molecule is COCc1c(C(=O)OCC(=O)Nc2cc(C)c(C)cc2[N+](=O)[O-])oc2ccccc12. The summed E-state index contributed by atoms with van der Waals surface area (Å²) in [5, 5.41) is 14.4. The van der Waals surface area contributed by atoms with Gasteiger partial charge in [-0.3, -0.25) is 14.9 Å². The largest absolute Gasteiger partial charge is 0.450 e. The van der Waals surface area contributed by atoms with E-state index in [0.717, 1.165) is 11.1 Å². The Hall–Kier alpha value is -3.72. The lowest BCUT2D eigenvalue weighted by Gasteiger charge is -2.09. The number of nitrogens with zero attached hydrogens (tertiary/aromatic N) is 1. The molecular weight excluding hydrogens is 392 g/mol. The fourth-order valence-corrected chi connectivity index (χ4v) is 2.99. The topological polar surface area (TPSA) is 121 Å². The van der Waals surface area contributed by atoms with Gasteiger partial charge in [-0.1, -0.05) is 18.2 Å². The summed E-state index contributed by atoms with van der Waals surface area (Å²) in [5.74, 6) is -1.59. The molecule has 9 heteroatoms. The number of esters is 1. The zero-order chi connectivity index (χ0) is 21.8. The Balaban J connectivity index is 1.74. The third-order valence-corrected chi connectivity index (χ3v) is 4.59. The van der Waals surface area contributed by atoms with Gasteiger partial charge in [0, 0.05) is 24.1 Å². The Bertz CT molecular complexity index is 1130. The summed E-state index contributed by atoms with van der Waals surface area (Å²) in [6.07, 6.45) is 0. The number of nitro benzene ring substituents is 1. The average molecular weight is 412 g/mol. The molecule has 1 N–H and O–H groups in total. The Kier molecular flexibility index (Phi) is 6.12. The molecule has 156 valence electrons. The molecular formula is C21H20N2O7. The van der Waals surface area contributed by atoms with Crippen LogP contribution in [0.25, 0.3) is 11.0 Å². The van der Waals surface area contributed by atoms with Crippen LogP contribution in [0.1, 0.15) is 27.2 Å². The summed E-state index contributed by atoms with van der Waals surface area (Å²) in [5.41, 5.74) is 2.31. The summed E-state index contributed by atoms with van der Waals surface area (Å²) in [6, 6.07) is 9.94. The maximum absolute atomic E-state index is 12.5. The molecule has 0 radical (unpaired) electrons. The van der Waals surface area contributed by atoms with Gasteiger partial charge in [0.2, 0.25) is 5.76 Å². The van der Waals surface area contributed by atoms with E-state index >= 15 is 0 Å². The first-order valence-electron chi connectivity index (χ1n) is 9.03. The number of anilines is 1. The number of rotatable bonds is 7. The monoisotopic (exact) mass is 412 g/mol. The third kappa shape index (κ3) is 4.31. The lowest BCUT2D eigenvalue weighted by atomic mass is 10.1. The molecule has 0 aliphatic carbocycles. The van der Waals surface area contributed by atoms with Gasteiger partial charge in [0.1, 0.15) is 11.3 Å². The Labute approximate surface area is 171 Å². The summed E-state index contributed by atoms with van der Waals surface area (Å²) in [6.45, 7) is 3.00. The molecule has 1 heterocycles. The number of para-hydroxylation sites is 1. The molecule has 0 spiro atoms. The van der Waals surface area contributed by atoms with Crippen LogP contribution in [-0.4, -0.2) is 30.5 Å². The van der Waals surface area contributed by atoms with Crippen molar-refractivity contribution in [2.75, 3.05) is 19.0 Å². The van der Waals surface area contributed by atoms with Gasteiger partial charge in [-0.25, -0.2) is 4.79 Å². The van der Waals surface area contributed by atoms with Crippen LogP contribution in [0, 0.1) is 24.0 Å². The number of amides is 1. The highest BCUT2D eigenvalue weighted by molar-refractivity contribution is 5.99. The second-order valence-corrected chi connectivity index (χ2v) is 6.67. The van der Waals surface area contributed by atoms with E-state index < -0.39 is 23.4 Å². The van der Waals surface area contributed by atoms with Crippen molar-refractivity contribution in [2.45, 2.75) is 20.5 Å². The molecule has 1 amide bonds. The van der Waals surface area contributed by atoms with Crippen molar-refractivity contribution in [3.05, 3.63) is 69.0 Å². The number of ether oxygens (including phenoxy) is 2. The molecule has 2 aromatic carbocycles. The fraction of sp³-hybridized carbons (Fsp3) is 0.238. The number of hydrogen-bond acceptors (Lipinski definition) is 7. The van der Waals surface area contributed by atoms with Gasteiger partial charge in [-0.05, 0) is 37.1 Å². The first-order chi connectivity index (χ1) is 14.3. The highest BCUT2D eigenvalue weighted by atomic mass is 16.6. The lowest BCUT2D eigenvalue weighted by molar-refractivity contribution is -0.384. The molecule has 3 aromatic rings. The average Bonchev–Trinajstić information content (AvgIpc) is 3.07. The van der Waals surface area contributed by atoms with E-state index in [1.165, 1.54) is 19.2 Å². The summed E-state index contributed by atoms with van der Waals surface area (Å²) in [4.78, 5) is 35.4. The zero-order valence-electron chi connectivity index (χ0n) is 16.7. The fourth-order valence-electron chi connectivity index (χ4n) is 2.99. The molecule has 9 nitrogen and oxygen atoms in total. The minimum absolute atomic E-state index is 0.0351. The molecule has 0 bridgehead atoms. The van der Waals surface area contributed by atoms with Gasteiger partial charge < -0.3 is 19.2 Å². The van der Waals surface area contributed by atoms with Gasteiger partial charge in [-0.2, -0.15) is 0 Å². The molecule has 0 aliphatic rings. The van der Waals surface area contributed by atoms with Gasteiger partial charge in [0.05, 0.1) is 11.5 Å². The molecule has 0 aliphatic heterocycles. The maximum Gasteiger partial charge on any atom is 0.375 e. The van der Waals surface area contributed by atoms with Crippen LogP contribution in [0.2, 0.25) is 0 Å². The Morgan fingerprint density at radius 3 is 2.57 bits per heavy atom. The van der Waals surface area contributed by atoms with E-state index in [-0.39, 0.29) is 23.7 Å². The first-order valence-corrected chi connectivity index (χ1v) is 9.03. The smallest absolute Gasteiger partial charge is 0.375 e. The van der Waals surface area contributed by atoms with Crippen molar-refractivity contribution in [1.29, 1.82) is 0 Å². The van der Waals surface area contributed by atoms with Crippen LogP contribution in [0.3, 0.4) is 0 Å². The summed E-state index contributed by atoms with van der Waals surface area (Å²) >= 11 is 0. The van der Waals surface area contributed by atoms with E-state index in [2.05, 4.69) is 5.32 Å². The van der Waals surface area contributed by atoms with Crippen LogP contribution in [0.4, 0.5) is 11.4 Å². The van der Waals surface area contributed by atoms with E-state index in [0.29, 0.717) is 16.5 Å². The van der Waals surface area contributed by atoms with Crippen LogP contribution < -0.4 is 5.32 Å². The van der Waals surface area contributed by atoms with Crippen molar-refractivity contribution >= 4 is 34.2 Å². The highest BCUT2D eigenvalue weighted by Gasteiger charge is 2.23. The van der Waals surface area contributed by atoms with Crippen LogP contribution in [0.5, 0.6) is 0 Å². The number of nitrogens with one attached hydrogen (secondary N) is 1. The van der Waals surface area contributed by atoms with E-state index in [1.54, 1.807) is 38.1 Å². The number of nitro groups is 1. The predicted octanol–water partition coefficient (Wildman–Crippen LogP) is 3.90. The lowest BCUT2D eigenvalue weighted by Crippen LogP contribution is -2.21. The molecule has 0 atom stereocenters. The normalized spacial score (nSPS) is 10.8. The molecule has 0 saturated heterocycles. The third-order valence-electron chi connectivity index (χ3n) is 4.59.